The molecule has 1 rings (SSSR count). The van der Waals surface area contributed by atoms with E-state index in [2.05, 4.69) is 0 Å². The average Bonchev–Trinajstić information content (AvgIpc) is 2.43. The lowest BCUT2D eigenvalue weighted by molar-refractivity contribution is -0.186. The highest BCUT2D eigenvalue weighted by atomic mass is 19.4. The summed E-state index contributed by atoms with van der Waals surface area (Å²) in [5, 5.41) is 0. The van der Waals surface area contributed by atoms with Crippen LogP contribution in [0.2, 0.25) is 0 Å². The standard InChI is InChI=1S/C8H13F3N2O/c1-5-2-6(3-12)4-13(5)7(14)8(9,10)11/h5-6H,2-4,12H2,1H3. The normalized spacial score (nSPS) is 28.2. The number of hydrogen-bond acceptors (Lipinski definition) is 2. The fraction of sp³-hybridized carbons (Fsp3) is 0.875. The van der Waals surface area contributed by atoms with Gasteiger partial charge in [0.05, 0.1) is 0 Å². The van der Waals surface area contributed by atoms with Crippen LogP contribution in [0.25, 0.3) is 0 Å². The molecule has 2 atom stereocenters. The number of hydrogen-bond donors (Lipinski definition) is 1. The van der Waals surface area contributed by atoms with Crippen LogP contribution in [0.1, 0.15) is 13.3 Å². The summed E-state index contributed by atoms with van der Waals surface area (Å²) in [6.07, 6.45) is -4.21. The molecule has 1 fully saturated rings. The molecule has 14 heavy (non-hydrogen) atoms. The third-order valence-corrected chi connectivity index (χ3v) is 2.50. The van der Waals surface area contributed by atoms with Gasteiger partial charge in [0.15, 0.2) is 0 Å². The number of likely N-dealkylation sites (tertiary alicyclic amines) is 1. The van der Waals surface area contributed by atoms with Crippen molar-refractivity contribution in [3.8, 4) is 0 Å². The number of nitrogens with zero attached hydrogens (tertiary/aromatic N) is 1. The first-order valence-corrected chi connectivity index (χ1v) is 4.44. The van der Waals surface area contributed by atoms with Crippen molar-refractivity contribution in [1.29, 1.82) is 0 Å². The minimum atomic E-state index is -4.77. The Morgan fingerprint density at radius 1 is 1.57 bits per heavy atom. The lowest BCUT2D eigenvalue weighted by atomic mass is 10.1. The van der Waals surface area contributed by atoms with Crippen molar-refractivity contribution >= 4 is 5.91 Å². The van der Waals surface area contributed by atoms with E-state index in [0.29, 0.717) is 13.0 Å². The quantitative estimate of drug-likeness (QED) is 0.694. The van der Waals surface area contributed by atoms with Gasteiger partial charge in [-0.2, -0.15) is 13.2 Å². The predicted molar refractivity (Wildman–Crippen MR) is 44.4 cm³/mol. The van der Waals surface area contributed by atoms with Crippen LogP contribution in [-0.4, -0.2) is 36.1 Å². The first kappa shape index (κ1) is 11.3. The van der Waals surface area contributed by atoms with E-state index in [-0.39, 0.29) is 18.5 Å². The highest BCUT2D eigenvalue weighted by molar-refractivity contribution is 5.82. The van der Waals surface area contributed by atoms with Crippen LogP contribution in [0.4, 0.5) is 13.2 Å². The van der Waals surface area contributed by atoms with E-state index in [9.17, 15) is 18.0 Å². The first-order valence-electron chi connectivity index (χ1n) is 4.44. The van der Waals surface area contributed by atoms with Gasteiger partial charge in [-0.1, -0.05) is 0 Å². The lowest BCUT2D eigenvalue weighted by Crippen LogP contribution is -2.43. The maximum Gasteiger partial charge on any atom is 0.471 e. The van der Waals surface area contributed by atoms with Crippen molar-refractivity contribution in [2.75, 3.05) is 13.1 Å². The van der Waals surface area contributed by atoms with Gasteiger partial charge < -0.3 is 10.6 Å². The van der Waals surface area contributed by atoms with E-state index in [1.165, 1.54) is 0 Å². The van der Waals surface area contributed by atoms with Crippen molar-refractivity contribution in [2.24, 2.45) is 11.7 Å². The summed E-state index contributed by atoms with van der Waals surface area (Å²) in [7, 11) is 0. The minimum absolute atomic E-state index is 0.00343. The molecule has 6 heteroatoms. The summed E-state index contributed by atoms with van der Waals surface area (Å²) in [5.74, 6) is -1.75. The van der Waals surface area contributed by atoms with E-state index in [4.69, 9.17) is 5.73 Å². The molecule has 0 radical (unpaired) electrons. The van der Waals surface area contributed by atoms with Gasteiger partial charge in [0.2, 0.25) is 0 Å². The maximum atomic E-state index is 12.1. The molecule has 82 valence electrons. The Labute approximate surface area is 80.0 Å². The second-order valence-corrected chi connectivity index (χ2v) is 3.64. The van der Waals surface area contributed by atoms with Gasteiger partial charge >= 0.3 is 12.1 Å². The molecule has 1 heterocycles. The smallest absolute Gasteiger partial charge is 0.332 e. The molecular formula is C8H13F3N2O. The highest BCUT2D eigenvalue weighted by Crippen LogP contribution is 2.27. The number of nitrogens with two attached hydrogens (primary N) is 1. The molecule has 0 aromatic rings. The van der Waals surface area contributed by atoms with Crippen LogP contribution >= 0.6 is 0 Å². The van der Waals surface area contributed by atoms with Crippen molar-refractivity contribution in [1.82, 2.24) is 4.90 Å². The van der Waals surface area contributed by atoms with Gasteiger partial charge in [-0.25, -0.2) is 0 Å². The van der Waals surface area contributed by atoms with Crippen LogP contribution in [0, 0.1) is 5.92 Å². The molecule has 2 N–H and O–H groups in total. The largest absolute Gasteiger partial charge is 0.471 e. The van der Waals surface area contributed by atoms with E-state index in [0.717, 1.165) is 4.90 Å². The van der Waals surface area contributed by atoms with Gasteiger partial charge in [-0.15, -0.1) is 0 Å². The second-order valence-electron chi connectivity index (χ2n) is 3.64. The lowest BCUT2D eigenvalue weighted by Gasteiger charge is -2.22. The molecule has 0 aliphatic carbocycles. The summed E-state index contributed by atoms with van der Waals surface area (Å²) >= 11 is 0. The molecule has 0 aromatic carbocycles. The van der Waals surface area contributed by atoms with E-state index in [1.807, 2.05) is 0 Å². The number of carbonyl (C=O) groups excluding carboxylic acids is 1. The van der Waals surface area contributed by atoms with E-state index < -0.39 is 12.1 Å². The van der Waals surface area contributed by atoms with E-state index >= 15 is 0 Å². The number of halogens is 3. The zero-order valence-electron chi connectivity index (χ0n) is 7.84. The van der Waals surface area contributed by atoms with Crippen molar-refractivity contribution < 1.29 is 18.0 Å². The predicted octanol–water partition coefficient (Wildman–Crippen LogP) is 0.744. The molecule has 0 aromatic heterocycles. The Bertz CT molecular complexity index is 229. The average molecular weight is 210 g/mol. The van der Waals surface area contributed by atoms with Crippen LogP contribution < -0.4 is 5.73 Å². The Balaban J connectivity index is 2.66. The molecule has 0 spiro atoms. The Kier molecular flexibility index (Phi) is 3.04. The van der Waals surface area contributed by atoms with Crippen molar-refractivity contribution in [3.63, 3.8) is 0 Å². The molecule has 1 aliphatic heterocycles. The summed E-state index contributed by atoms with van der Waals surface area (Å²) < 4.78 is 36.2. The molecule has 0 bridgehead atoms. The number of rotatable bonds is 1. The monoisotopic (exact) mass is 210 g/mol. The molecule has 1 saturated heterocycles. The molecule has 2 unspecified atom stereocenters. The zero-order chi connectivity index (χ0) is 10.9. The van der Waals surface area contributed by atoms with Crippen LogP contribution in [-0.2, 0) is 4.79 Å². The summed E-state index contributed by atoms with van der Waals surface area (Å²) in [6, 6.07) is -0.363. The van der Waals surface area contributed by atoms with Gasteiger partial charge in [-0.3, -0.25) is 4.79 Å². The SMILES string of the molecule is CC1CC(CN)CN1C(=O)C(F)(F)F. The summed E-state index contributed by atoms with van der Waals surface area (Å²) in [4.78, 5) is 11.8. The molecule has 3 nitrogen and oxygen atoms in total. The van der Waals surface area contributed by atoms with Gasteiger partial charge in [0.1, 0.15) is 0 Å². The van der Waals surface area contributed by atoms with Crippen LogP contribution in [0.15, 0.2) is 0 Å². The number of amides is 1. The van der Waals surface area contributed by atoms with Crippen LogP contribution in [0.5, 0.6) is 0 Å². The highest BCUT2D eigenvalue weighted by Gasteiger charge is 2.46. The zero-order valence-corrected chi connectivity index (χ0v) is 7.84. The van der Waals surface area contributed by atoms with Gasteiger partial charge in [0.25, 0.3) is 0 Å². The second kappa shape index (κ2) is 3.76. The summed E-state index contributed by atoms with van der Waals surface area (Å²) in [5.41, 5.74) is 5.35. The topological polar surface area (TPSA) is 46.3 Å². The molecule has 1 aliphatic rings. The van der Waals surface area contributed by atoms with Crippen molar-refractivity contribution in [2.45, 2.75) is 25.6 Å². The van der Waals surface area contributed by atoms with Crippen LogP contribution in [0.3, 0.4) is 0 Å². The minimum Gasteiger partial charge on any atom is -0.332 e. The molecule has 0 saturated carbocycles. The first-order chi connectivity index (χ1) is 6.36. The van der Waals surface area contributed by atoms with Gasteiger partial charge in [-0.05, 0) is 25.8 Å². The number of carbonyl (C=O) groups is 1. The molecule has 1 amide bonds. The number of alkyl halides is 3. The Morgan fingerprint density at radius 3 is 2.50 bits per heavy atom. The van der Waals surface area contributed by atoms with Crippen molar-refractivity contribution in [3.05, 3.63) is 0 Å². The summed E-state index contributed by atoms with van der Waals surface area (Å²) in [6.45, 7) is 2.06. The maximum absolute atomic E-state index is 12.1. The third-order valence-electron chi connectivity index (χ3n) is 2.50. The molecular weight excluding hydrogens is 197 g/mol. The van der Waals surface area contributed by atoms with Gasteiger partial charge in [0, 0.05) is 12.6 Å². The Morgan fingerprint density at radius 2 is 2.14 bits per heavy atom. The fourth-order valence-electron chi connectivity index (χ4n) is 1.76. The van der Waals surface area contributed by atoms with E-state index in [1.54, 1.807) is 6.92 Å². The Hall–Kier alpha value is -0.780. The third kappa shape index (κ3) is 2.17. The fourth-order valence-corrected chi connectivity index (χ4v) is 1.76.